The van der Waals surface area contributed by atoms with Crippen LogP contribution in [0.5, 0.6) is 0 Å². The molecule has 0 fully saturated rings. The molecule has 1 heterocycles. The van der Waals surface area contributed by atoms with Crippen LogP contribution in [0.15, 0.2) is 46.8 Å². The summed E-state index contributed by atoms with van der Waals surface area (Å²) in [6.45, 7) is 3.09. The lowest BCUT2D eigenvalue weighted by Gasteiger charge is -2.30. The molecule has 0 bridgehead atoms. The molecule has 28 heavy (non-hydrogen) atoms. The lowest BCUT2D eigenvalue weighted by atomic mass is 9.79. The van der Waals surface area contributed by atoms with Crippen molar-refractivity contribution in [2.45, 2.75) is 26.2 Å². The van der Waals surface area contributed by atoms with Gasteiger partial charge in [0, 0.05) is 36.1 Å². The molecule has 0 saturated carbocycles. The molecule has 0 aliphatic carbocycles. The van der Waals surface area contributed by atoms with E-state index in [0.29, 0.717) is 11.4 Å². The van der Waals surface area contributed by atoms with E-state index in [0.717, 1.165) is 0 Å². The first-order valence-electron chi connectivity index (χ1n) is 8.61. The Morgan fingerprint density at radius 1 is 1.18 bits per heavy atom. The molecule has 0 spiro atoms. The Morgan fingerprint density at radius 3 is 2.36 bits per heavy atom. The third kappa shape index (κ3) is 4.20. The van der Waals surface area contributed by atoms with Gasteiger partial charge in [0.05, 0.1) is 35.7 Å². The van der Waals surface area contributed by atoms with Gasteiger partial charge < -0.3 is 19.9 Å². The van der Waals surface area contributed by atoms with Crippen LogP contribution in [-0.2, 0) is 19.1 Å². The molecule has 2 N–H and O–H groups in total. The third-order valence-electron chi connectivity index (χ3n) is 4.37. The number of ether oxygens (including phenoxy) is 2. The second-order valence-corrected chi connectivity index (χ2v) is 6.16. The summed E-state index contributed by atoms with van der Waals surface area (Å²) in [5, 5.41) is 23.4. The normalized spacial score (nSPS) is 16.5. The number of benzene rings is 1. The molecule has 0 aromatic heterocycles. The van der Waals surface area contributed by atoms with Crippen LogP contribution in [0.3, 0.4) is 0 Å². The summed E-state index contributed by atoms with van der Waals surface area (Å²) in [7, 11) is 1.20. The molecule has 1 aromatic carbocycles. The Labute approximate surface area is 161 Å². The van der Waals surface area contributed by atoms with E-state index in [9.17, 15) is 19.7 Å². The van der Waals surface area contributed by atoms with Gasteiger partial charge in [0.2, 0.25) is 0 Å². The Morgan fingerprint density at radius 2 is 1.79 bits per heavy atom. The Hall–Kier alpha value is -3.20. The number of carbonyl (C=O) groups excluding carboxylic acids is 2. The van der Waals surface area contributed by atoms with Crippen LogP contribution in [0, 0.1) is 10.1 Å². The standard InChI is InChI=1S/C19H22N2O7/c1-11-15(18(23)27-3)17(13-7-4-5-8-14(13)21(25)26)16(12(2)20-11)19(24)28-10-6-9-22/h4-5,7-8,17,20,22H,6,9-10H2,1-3H3. The molecule has 0 amide bonds. The molecule has 1 aliphatic rings. The molecule has 9 heteroatoms. The summed E-state index contributed by atoms with van der Waals surface area (Å²) >= 11 is 0. The van der Waals surface area contributed by atoms with Gasteiger partial charge in [0.25, 0.3) is 5.69 Å². The van der Waals surface area contributed by atoms with Crippen molar-refractivity contribution in [2.75, 3.05) is 20.3 Å². The van der Waals surface area contributed by atoms with Crippen molar-refractivity contribution in [3.05, 3.63) is 62.5 Å². The largest absolute Gasteiger partial charge is 0.466 e. The molecule has 2 rings (SSSR count). The number of hydrogen-bond acceptors (Lipinski definition) is 8. The molecule has 0 radical (unpaired) electrons. The Balaban J connectivity index is 2.66. The molecule has 1 atom stereocenters. The molecule has 1 aliphatic heterocycles. The smallest absolute Gasteiger partial charge is 0.336 e. The van der Waals surface area contributed by atoms with E-state index in [4.69, 9.17) is 14.6 Å². The lowest BCUT2D eigenvalue weighted by Crippen LogP contribution is -2.32. The minimum atomic E-state index is -1.03. The number of hydrogen-bond donors (Lipinski definition) is 2. The fourth-order valence-corrected chi connectivity index (χ4v) is 3.16. The van der Waals surface area contributed by atoms with Crippen LogP contribution in [0.2, 0.25) is 0 Å². The zero-order valence-electron chi connectivity index (χ0n) is 15.9. The van der Waals surface area contributed by atoms with E-state index in [1.165, 1.54) is 25.3 Å². The van der Waals surface area contributed by atoms with Gasteiger partial charge in [-0.05, 0) is 13.8 Å². The molecule has 0 saturated heterocycles. The van der Waals surface area contributed by atoms with Crippen LogP contribution < -0.4 is 5.32 Å². The topological polar surface area (TPSA) is 128 Å². The number of aliphatic hydroxyl groups excluding tert-OH is 1. The highest BCUT2D eigenvalue weighted by atomic mass is 16.6. The zero-order valence-corrected chi connectivity index (χ0v) is 15.9. The summed E-state index contributed by atoms with van der Waals surface area (Å²) in [6.07, 6.45) is 0.250. The predicted octanol–water partition coefficient (Wildman–Crippen LogP) is 1.93. The first-order valence-corrected chi connectivity index (χ1v) is 8.61. The molecular formula is C19H22N2O7. The zero-order chi connectivity index (χ0) is 20.8. The number of esters is 2. The number of rotatable bonds is 7. The average molecular weight is 390 g/mol. The van der Waals surface area contributed by atoms with Crippen molar-refractivity contribution in [1.29, 1.82) is 0 Å². The van der Waals surface area contributed by atoms with Crippen LogP contribution in [0.4, 0.5) is 5.69 Å². The summed E-state index contributed by atoms with van der Waals surface area (Å²) in [6, 6.07) is 5.91. The van der Waals surface area contributed by atoms with E-state index in [-0.39, 0.29) is 42.0 Å². The van der Waals surface area contributed by atoms with E-state index < -0.39 is 22.8 Å². The third-order valence-corrected chi connectivity index (χ3v) is 4.37. The fraction of sp³-hybridized carbons (Fsp3) is 0.368. The van der Waals surface area contributed by atoms with Gasteiger partial charge in [-0.25, -0.2) is 9.59 Å². The van der Waals surface area contributed by atoms with Gasteiger partial charge in [-0.15, -0.1) is 0 Å². The van der Waals surface area contributed by atoms with Crippen molar-refractivity contribution in [3.8, 4) is 0 Å². The average Bonchev–Trinajstić information content (AvgIpc) is 2.66. The minimum absolute atomic E-state index is 0.0219. The minimum Gasteiger partial charge on any atom is -0.466 e. The predicted molar refractivity (Wildman–Crippen MR) is 99.1 cm³/mol. The quantitative estimate of drug-likeness (QED) is 0.313. The van der Waals surface area contributed by atoms with Gasteiger partial charge in [0.1, 0.15) is 0 Å². The first kappa shape index (κ1) is 21.1. The van der Waals surface area contributed by atoms with Crippen LogP contribution in [-0.4, -0.2) is 42.3 Å². The molecule has 150 valence electrons. The van der Waals surface area contributed by atoms with Crippen molar-refractivity contribution in [1.82, 2.24) is 5.32 Å². The van der Waals surface area contributed by atoms with E-state index in [2.05, 4.69) is 5.32 Å². The monoisotopic (exact) mass is 390 g/mol. The number of nitrogens with one attached hydrogen (secondary N) is 1. The van der Waals surface area contributed by atoms with Crippen LogP contribution in [0.25, 0.3) is 0 Å². The van der Waals surface area contributed by atoms with Crippen molar-refractivity contribution < 1.29 is 29.1 Å². The number of allylic oxidation sites excluding steroid dienone is 2. The van der Waals surface area contributed by atoms with E-state index in [1.807, 2.05) is 0 Å². The summed E-state index contributed by atoms with van der Waals surface area (Å²) in [5.74, 6) is -2.46. The maximum atomic E-state index is 12.8. The van der Waals surface area contributed by atoms with Gasteiger partial charge in [-0.1, -0.05) is 18.2 Å². The van der Waals surface area contributed by atoms with Gasteiger partial charge in [0.15, 0.2) is 0 Å². The van der Waals surface area contributed by atoms with Gasteiger partial charge in [-0.3, -0.25) is 10.1 Å². The summed E-state index contributed by atoms with van der Waals surface area (Å²) < 4.78 is 10.1. The number of para-hydroxylation sites is 1. The number of nitrogens with zero attached hydrogens (tertiary/aromatic N) is 1. The molecule has 9 nitrogen and oxygen atoms in total. The van der Waals surface area contributed by atoms with Crippen LogP contribution >= 0.6 is 0 Å². The van der Waals surface area contributed by atoms with Crippen molar-refractivity contribution in [2.24, 2.45) is 0 Å². The van der Waals surface area contributed by atoms with Gasteiger partial charge in [-0.2, -0.15) is 0 Å². The lowest BCUT2D eigenvalue weighted by molar-refractivity contribution is -0.385. The number of methoxy groups -OCH3 is 1. The highest BCUT2D eigenvalue weighted by Crippen LogP contribution is 2.42. The maximum Gasteiger partial charge on any atom is 0.336 e. The number of nitro groups is 1. The number of aliphatic hydroxyl groups is 1. The second kappa shape index (κ2) is 9.14. The Kier molecular flexibility index (Phi) is 6.89. The summed E-state index contributed by atoms with van der Waals surface area (Å²) in [4.78, 5) is 36.2. The molecular weight excluding hydrogens is 368 g/mol. The maximum absolute atomic E-state index is 12.8. The number of carbonyl (C=O) groups is 2. The Bertz CT molecular complexity index is 858. The van der Waals surface area contributed by atoms with Crippen LogP contribution in [0.1, 0.15) is 31.7 Å². The highest BCUT2D eigenvalue weighted by molar-refractivity contribution is 6.00. The van der Waals surface area contributed by atoms with Gasteiger partial charge >= 0.3 is 11.9 Å². The van der Waals surface area contributed by atoms with Crippen molar-refractivity contribution >= 4 is 17.6 Å². The van der Waals surface area contributed by atoms with E-state index >= 15 is 0 Å². The SMILES string of the molecule is COC(=O)C1=C(C)NC(C)=C(C(=O)OCCCO)C1c1ccccc1[N+](=O)[O-]. The highest BCUT2D eigenvalue weighted by Gasteiger charge is 2.40. The van der Waals surface area contributed by atoms with E-state index in [1.54, 1.807) is 19.9 Å². The second-order valence-electron chi connectivity index (χ2n) is 6.16. The molecule has 1 unspecified atom stereocenters. The van der Waals surface area contributed by atoms with Crippen molar-refractivity contribution in [3.63, 3.8) is 0 Å². The number of dihydropyridines is 1. The molecule has 1 aromatic rings. The first-order chi connectivity index (χ1) is 13.3. The fourth-order valence-electron chi connectivity index (χ4n) is 3.16. The number of nitro benzene ring substituents is 1. The summed E-state index contributed by atoms with van der Waals surface area (Å²) in [5.41, 5.74) is 0.982.